The lowest BCUT2D eigenvalue weighted by atomic mass is 9.45. The van der Waals surface area contributed by atoms with E-state index < -0.39 is 0 Å². The first-order valence-electron chi connectivity index (χ1n) is 10.2. The third kappa shape index (κ3) is 2.34. The van der Waals surface area contributed by atoms with Crippen molar-refractivity contribution in [2.45, 2.75) is 71.8 Å². The van der Waals surface area contributed by atoms with Crippen molar-refractivity contribution in [3.05, 3.63) is 11.6 Å². The third-order valence-electron chi connectivity index (χ3n) is 8.82. The van der Waals surface area contributed by atoms with Crippen LogP contribution in [0.25, 0.3) is 0 Å². The van der Waals surface area contributed by atoms with Gasteiger partial charge >= 0.3 is 0 Å². The van der Waals surface area contributed by atoms with E-state index in [2.05, 4.69) is 20.8 Å². The zero-order chi connectivity index (χ0) is 18.0. The molecule has 0 aromatic carbocycles. The van der Waals surface area contributed by atoms with Crippen LogP contribution in [0.15, 0.2) is 11.6 Å². The maximum atomic E-state index is 11.9. The summed E-state index contributed by atoms with van der Waals surface area (Å²) in [7, 11) is 0. The van der Waals surface area contributed by atoms with Gasteiger partial charge in [-0.05, 0) is 79.1 Å². The Hall–Kier alpha value is -0.960. The summed E-state index contributed by atoms with van der Waals surface area (Å²) in [6.07, 6.45) is 9.46. The van der Waals surface area contributed by atoms with Gasteiger partial charge in [-0.1, -0.05) is 26.3 Å². The highest BCUT2D eigenvalue weighted by atomic mass is 16.3. The summed E-state index contributed by atoms with van der Waals surface area (Å²) in [6, 6.07) is 0. The highest BCUT2D eigenvalue weighted by molar-refractivity contribution is 5.91. The Kier molecular flexibility index (Phi) is 4.03. The van der Waals surface area contributed by atoms with Crippen molar-refractivity contribution in [2.24, 2.45) is 40.4 Å². The number of ketones is 1. The number of aliphatic hydroxyl groups is 1. The number of aldehydes is 1. The van der Waals surface area contributed by atoms with E-state index in [4.69, 9.17) is 0 Å². The smallest absolute Gasteiger partial charge is 0.155 e. The molecule has 8 atom stereocenters. The first-order chi connectivity index (χ1) is 11.8. The average Bonchev–Trinajstić information content (AvgIpc) is 2.91. The van der Waals surface area contributed by atoms with Crippen LogP contribution in [-0.2, 0) is 9.59 Å². The fraction of sp³-hybridized carbons (Fsp3) is 0.818. The van der Waals surface area contributed by atoms with E-state index in [1.807, 2.05) is 6.08 Å². The largest absolute Gasteiger partial charge is 0.393 e. The Morgan fingerprint density at radius 3 is 2.72 bits per heavy atom. The van der Waals surface area contributed by atoms with Crippen LogP contribution in [-0.4, -0.2) is 23.3 Å². The minimum absolute atomic E-state index is 0.00800. The Morgan fingerprint density at radius 1 is 1.24 bits per heavy atom. The van der Waals surface area contributed by atoms with Crippen LogP contribution in [0.1, 0.15) is 65.7 Å². The normalized spacial score (nSPS) is 50.3. The Morgan fingerprint density at radius 2 is 2.00 bits per heavy atom. The van der Waals surface area contributed by atoms with E-state index in [-0.39, 0.29) is 34.6 Å². The molecule has 4 aliphatic rings. The van der Waals surface area contributed by atoms with Crippen molar-refractivity contribution in [2.75, 3.05) is 0 Å². The number of aliphatic hydroxyl groups excluding tert-OH is 1. The van der Waals surface area contributed by atoms with Crippen molar-refractivity contribution in [1.82, 2.24) is 0 Å². The molecule has 3 nitrogen and oxygen atoms in total. The van der Waals surface area contributed by atoms with Crippen molar-refractivity contribution >= 4 is 12.1 Å². The number of rotatable bonds is 2. The summed E-state index contributed by atoms with van der Waals surface area (Å²) in [5.41, 5.74) is 1.37. The van der Waals surface area contributed by atoms with Crippen LogP contribution in [0.4, 0.5) is 0 Å². The van der Waals surface area contributed by atoms with Gasteiger partial charge in [0, 0.05) is 12.3 Å². The summed E-state index contributed by atoms with van der Waals surface area (Å²) in [6.45, 7) is 6.70. The molecule has 0 saturated heterocycles. The lowest BCUT2D eigenvalue weighted by molar-refractivity contribution is -0.138. The maximum Gasteiger partial charge on any atom is 0.155 e. The van der Waals surface area contributed by atoms with E-state index in [0.717, 1.165) is 38.4 Å². The monoisotopic (exact) mass is 344 g/mol. The first-order valence-corrected chi connectivity index (χ1v) is 10.2. The number of carbonyl (C=O) groups is 2. The molecule has 3 saturated carbocycles. The molecule has 4 rings (SSSR count). The van der Waals surface area contributed by atoms with Gasteiger partial charge in [0.2, 0.25) is 0 Å². The van der Waals surface area contributed by atoms with Crippen molar-refractivity contribution in [3.8, 4) is 0 Å². The van der Waals surface area contributed by atoms with Gasteiger partial charge in [0.15, 0.2) is 5.78 Å². The second-order valence-corrected chi connectivity index (χ2v) is 9.84. The molecule has 0 radical (unpaired) electrons. The summed E-state index contributed by atoms with van der Waals surface area (Å²) in [5.74, 6) is 2.19. The molecule has 0 heterocycles. The summed E-state index contributed by atoms with van der Waals surface area (Å²) < 4.78 is 0. The molecule has 3 fully saturated rings. The van der Waals surface area contributed by atoms with Gasteiger partial charge in [0.25, 0.3) is 0 Å². The predicted octanol–water partition coefficient (Wildman–Crippen LogP) is 3.94. The van der Waals surface area contributed by atoms with Gasteiger partial charge in [0.05, 0.1) is 6.10 Å². The number of carbonyl (C=O) groups excluding carboxylic acids is 2. The van der Waals surface area contributed by atoms with Crippen LogP contribution in [0.3, 0.4) is 0 Å². The molecular formula is C22H32O3. The Labute approximate surface area is 151 Å². The summed E-state index contributed by atoms with van der Waals surface area (Å²) in [5, 5.41) is 11.3. The van der Waals surface area contributed by atoms with Crippen molar-refractivity contribution in [1.29, 1.82) is 0 Å². The molecule has 0 spiro atoms. The van der Waals surface area contributed by atoms with Crippen LogP contribution in [0.2, 0.25) is 0 Å². The van der Waals surface area contributed by atoms with E-state index in [0.29, 0.717) is 24.2 Å². The lowest BCUT2D eigenvalue weighted by Gasteiger charge is -2.60. The van der Waals surface area contributed by atoms with E-state index >= 15 is 0 Å². The highest BCUT2D eigenvalue weighted by Gasteiger charge is 2.62. The number of fused-ring (bicyclic) bond motifs is 5. The van der Waals surface area contributed by atoms with Crippen LogP contribution >= 0.6 is 0 Å². The molecule has 1 N–H and O–H groups in total. The predicted molar refractivity (Wildman–Crippen MR) is 96.8 cm³/mol. The molecule has 0 aromatic rings. The standard InChI is InChI=1S/C22H32O3/c1-13(12-23)17-6-7-18-16-5-4-14-10-15(24)8-9-21(14,2)20(16)19(25)11-22(17,18)3/h10,12-13,16-20,25H,4-9,11H2,1-3H3/t13?,16-,17+,18-,19?,20+,21-,22+/m0/s1. The Balaban J connectivity index is 1.70. The summed E-state index contributed by atoms with van der Waals surface area (Å²) >= 11 is 0. The number of hydrogen-bond donors (Lipinski definition) is 1. The van der Waals surface area contributed by atoms with Crippen molar-refractivity contribution in [3.63, 3.8) is 0 Å². The van der Waals surface area contributed by atoms with E-state index in [9.17, 15) is 14.7 Å². The molecule has 0 aliphatic heterocycles. The van der Waals surface area contributed by atoms with Crippen LogP contribution in [0, 0.1) is 40.4 Å². The zero-order valence-electron chi connectivity index (χ0n) is 15.8. The second-order valence-electron chi connectivity index (χ2n) is 9.84. The minimum Gasteiger partial charge on any atom is -0.393 e. The van der Waals surface area contributed by atoms with Gasteiger partial charge in [-0.15, -0.1) is 0 Å². The molecule has 3 heteroatoms. The minimum atomic E-state index is -0.312. The average molecular weight is 344 g/mol. The van der Waals surface area contributed by atoms with E-state index in [1.54, 1.807) is 0 Å². The van der Waals surface area contributed by atoms with E-state index in [1.165, 1.54) is 12.0 Å². The lowest BCUT2D eigenvalue weighted by Crippen LogP contribution is -2.56. The maximum absolute atomic E-state index is 11.9. The van der Waals surface area contributed by atoms with Gasteiger partial charge < -0.3 is 9.90 Å². The molecule has 4 aliphatic carbocycles. The number of hydrogen-bond acceptors (Lipinski definition) is 3. The first kappa shape index (κ1) is 17.5. The molecule has 0 aromatic heterocycles. The fourth-order valence-corrected chi connectivity index (χ4v) is 7.68. The quantitative estimate of drug-likeness (QED) is 0.772. The highest BCUT2D eigenvalue weighted by Crippen LogP contribution is 2.67. The molecule has 2 unspecified atom stereocenters. The molecule has 25 heavy (non-hydrogen) atoms. The topological polar surface area (TPSA) is 54.4 Å². The molecular weight excluding hydrogens is 312 g/mol. The van der Waals surface area contributed by atoms with Crippen LogP contribution in [0.5, 0.6) is 0 Å². The summed E-state index contributed by atoms with van der Waals surface area (Å²) in [4.78, 5) is 23.4. The zero-order valence-corrected chi connectivity index (χ0v) is 15.8. The third-order valence-corrected chi connectivity index (χ3v) is 8.82. The second kappa shape index (κ2) is 5.77. The van der Waals surface area contributed by atoms with Gasteiger partial charge in [-0.25, -0.2) is 0 Å². The van der Waals surface area contributed by atoms with Crippen LogP contribution < -0.4 is 0 Å². The van der Waals surface area contributed by atoms with Gasteiger partial charge in [0.1, 0.15) is 6.29 Å². The molecule has 0 amide bonds. The van der Waals surface area contributed by atoms with Gasteiger partial charge in [-0.3, -0.25) is 4.79 Å². The van der Waals surface area contributed by atoms with Gasteiger partial charge in [-0.2, -0.15) is 0 Å². The Bertz CT molecular complexity index is 623. The SMILES string of the molecule is CC(C=O)[C@H]1CC[C@H]2[C@@H]3CCC4=CC(=O)CC[C@]4(C)[C@H]3C(O)C[C@]12C. The molecule has 138 valence electrons. The fourth-order valence-electron chi connectivity index (χ4n) is 7.68. The molecule has 0 bridgehead atoms. The van der Waals surface area contributed by atoms with Crippen molar-refractivity contribution < 1.29 is 14.7 Å². The number of allylic oxidation sites excluding steroid dienone is 1.